The Balaban J connectivity index is 1.68. The van der Waals surface area contributed by atoms with Crippen molar-refractivity contribution in [2.24, 2.45) is 23.2 Å². The average Bonchev–Trinajstić information content (AvgIpc) is 2.97. The van der Waals surface area contributed by atoms with Gasteiger partial charge in [-0.25, -0.2) is 0 Å². The van der Waals surface area contributed by atoms with Gasteiger partial charge in [-0.15, -0.1) is 0 Å². The largest absolute Gasteiger partial charge is 0.508 e. The third kappa shape index (κ3) is 2.87. The average molecular weight is 389 g/mol. The third-order valence-corrected chi connectivity index (χ3v) is 8.41. The second-order valence-corrected chi connectivity index (χ2v) is 10.2. The fraction of sp³-hybridized carbons (Fsp3) is 0.481. The number of aliphatic hydroxyl groups is 1. The standard InChI is InChI=1S/C27H32O2/c1-16(2)24-23(29)15-27(3)12-11-21-20-10-9-19(28)13-18(20)14-22(25(21)26(24)27)17-7-5-4-6-8-17/h4-10,13,21-26,28-29H,1,11-12,14-15H2,2-3H3/t21-,22+,23-,24-,25+,26+,27-/m1/s1. The second-order valence-electron chi connectivity index (χ2n) is 10.2. The summed E-state index contributed by atoms with van der Waals surface area (Å²) in [7, 11) is 0. The lowest BCUT2D eigenvalue weighted by Crippen LogP contribution is -2.45. The van der Waals surface area contributed by atoms with Gasteiger partial charge in [0.05, 0.1) is 6.10 Å². The molecular weight excluding hydrogens is 356 g/mol. The number of rotatable bonds is 2. The van der Waals surface area contributed by atoms with Gasteiger partial charge in [-0.1, -0.05) is 55.5 Å². The molecule has 5 rings (SSSR count). The van der Waals surface area contributed by atoms with Gasteiger partial charge in [0.15, 0.2) is 0 Å². The topological polar surface area (TPSA) is 40.5 Å². The molecule has 29 heavy (non-hydrogen) atoms. The maximum atomic E-state index is 11.0. The highest BCUT2D eigenvalue weighted by atomic mass is 16.3. The van der Waals surface area contributed by atoms with E-state index in [1.54, 1.807) is 0 Å². The first-order valence-corrected chi connectivity index (χ1v) is 11.1. The van der Waals surface area contributed by atoms with Crippen LogP contribution >= 0.6 is 0 Å². The molecule has 0 unspecified atom stereocenters. The lowest BCUT2D eigenvalue weighted by atomic mass is 9.50. The van der Waals surface area contributed by atoms with Gasteiger partial charge < -0.3 is 10.2 Å². The zero-order chi connectivity index (χ0) is 20.3. The summed E-state index contributed by atoms with van der Waals surface area (Å²) >= 11 is 0. The Morgan fingerprint density at radius 2 is 1.86 bits per heavy atom. The molecule has 0 heterocycles. The summed E-state index contributed by atoms with van der Waals surface area (Å²) in [5.74, 6) is 2.37. The fourth-order valence-corrected chi connectivity index (χ4v) is 7.39. The van der Waals surface area contributed by atoms with Crippen molar-refractivity contribution < 1.29 is 10.2 Å². The highest BCUT2D eigenvalue weighted by Gasteiger charge is 2.59. The number of hydrogen-bond donors (Lipinski definition) is 2. The van der Waals surface area contributed by atoms with Gasteiger partial charge in [-0.2, -0.15) is 0 Å². The minimum absolute atomic E-state index is 0.172. The van der Waals surface area contributed by atoms with Crippen molar-refractivity contribution >= 4 is 0 Å². The number of fused-ring (bicyclic) bond motifs is 5. The van der Waals surface area contributed by atoms with Gasteiger partial charge in [0.25, 0.3) is 0 Å². The van der Waals surface area contributed by atoms with Crippen LogP contribution in [0.3, 0.4) is 0 Å². The smallest absolute Gasteiger partial charge is 0.115 e. The Labute approximate surface area is 174 Å². The molecule has 2 saturated carbocycles. The highest BCUT2D eigenvalue weighted by Crippen LogP contribution is 2.66. The Bertz CT molecular complexity index is 933. The summed E-state index contributed by atoms with van der Waals surface area (Å²) in [6.45, 7) is 8.83. The molecule has 2 heteroatoms. The van der Waals surface area contributed by atoms with E-state index in [4.69, 9.17) is 0 Å². The summed E-state index contributed by atoms with van der Waals surface area (Å²) in [6.07, 6.45) is 3.89. The van der Waals surface area contributed by atoms with E-state index in [9.17, 15) is 10.2 Å². The van der Waals surface area contributed by atoms with E-state index in [0.29, 0.717) is 29.4 Å². The van der Waals surface area contributed by atoms with Crippen LogP contribution in [0.25, 0.3) is 0 Å². The van der Waals surface area contributed by atoms with Gasteiger partial charge in [-0.3, -0.25) is 0 Å². The van der Waals surface area contributed by atoms with Crippen LogP contribution in [0.2, 0.25) is 0 Å². The third-order valence-electron chi connectivity index (χ3n) is 8.41. The predicted molar refractivity (Wildman–Crippen MR) is 117 cm³/mol. The molecule has 3 aliphatic rings. The van der Waals surface area contributed by atoms with Gasteiger partial charge in [0, 0.05) is 5.92 Å². The van der Waals surface area contributed by atoms with Gasteiger partial charge in [0.1, 0.15) is 5.75 Å². The summed E-state index contributed by atoms with van der Waals surface area (Å²) in [6, 6.07) is 16.9. The van der Waals surface area contributed by atoms with Gasteiger partial charge >= 0.3 is 0 Å². The molecule has 7 atom stereocenters. The first-order valence-electron chi connectivity index (χ1n) is 11.1. The molecule has 152 valence electrons. The van der Waals surface area contributed by atoms with Crippen molar-refractivity contribution in [3.8, 4) is 5.75 Å². The van der Waals surface area contributed by atoms with Crippen LogP contribution in [0.5, 0.6) is 5.75 Å². The van der Waals surface area contributed by atoms with Crippen molar-refractivity contribution in [1.29, 1.82) is 0 Å². The summed E-state index contributed by atoms with van der Waals surface area (Å²) < 4.78 is 0. The number of benzene rings is 2. The molecule has 0 aromatic heterocycles. The number of phenols is 1. The molecule has 2 aromatic rings. The van der Waals surface area contributed by atoms with Crippen molar-refractivity contribution in [3.63, 3.8) is 0 Å². The monoisotopic (exact) mass is 388 g/mol. The first kappa shape index (κ1) is 18.9. The summed E-state index contributed by atoms with van der Waals surface area (Å²) in [5, 5.41) is 21.2. The summed E-state index contributed by atoms with van der Waals surface area (Å²) in [5.41, 5.74) is 5.42. The van der Waals surface area contributed by atoms with Crippen LogP contribution in [0.1, 0.15) is 61.6 Å². The van der Waals surface area contributed by atoms with E-state index < -0.39 is 0 Å². The number of phenolic OH excluding ortho intramolecular Hbond substituents is 1. The van der Waals surface area contributed by atoms with E-state index in [1.165, 1.54) is 16.7 Å². The molecule has 0 bridgehead atoms. The van der Waals surface area contributed by atoms with Crippen molar-refractivity contribution in [2.45, 2.75) is 57.5 Å². The van der Waals surface area contributed by atoms with Crippen molar-refractivity contribution in [2.75, 3.05) is 0 Å². The molecule has 0 amide bonds. The number of aliphatic hydroxyl groups excluding tert-OH is 1. The fourth-order valence-electron chi connectivity index (χ4n) is 7.39. The van der Waals surface area contributed by atoms with Crippen molar-refractivity contribution in [1.82, 2.24) is 0 Å². The predicted octanol–water partition coefficient (Wildman–Crippen LogP) is 5.81. The van der Waals surface area contributed by atoms with Crippen LogP contribution in [0.4, 0.5) is 0 Å². The first-order chi connectivity index (χ1) is 13.9. The van der Waals surface area contributed by atoms with Gasteiger partial charge in [0.2, 0.25) is 0 Å². The zero-order valence-electron chi connectivity index (χ0n) is 17.5. The molecule has 0 saturated heterocycles. The lowest BCUT2D eigenvalue weighted by molar-refractivity contribution is 0.0280. The van der Waals surface area contributed by atoms with Crippen LogP contribution in [0, 0.1) is 23.2 Å². The molecule has 2 fully saturated rings. The highest BCUT2D eigenvalue weighted by molar-refractivity contribution is 5.43. The minimum atomic E-state index is -0.279. The molecule has 2 nitrogen and oxygen atoms in total. The Morgan fingerprint density at radius 1 is 1.10 bits per heavy atom. The van der Waals surface area contributed by atoms with Crippen LogP contribution in [0.15, 0.2) is 60.7 Å². The van der Waals surface area contributed by atoms with E-state index in [0.717, 1.165) is 31.3 Å². The summed E-state index contributed by atoms with van der Waals surface area (Å²) in [4.78, 5) is 0. The van der Waals surface area contributed by atoms with E-state index >= 15 is 0 Å². The Morgan fingerprint density at radius 3 is 2.59 bits per heavy atom. The SMILES string of the molecule is C=C(C)[C@H]1[C@H]2[C@H]3[C@H](CC[C@]2(C)C[C@H]1O)c1ccc(O)cc1C[C@H]3c1ccccc1. The minimum Gasteiger partial charge on any atom is -0.508 e. The van der Waals surface area contributed by atoms with Crippen LogP contribution in [-0.2, 0) is 6.42 Å². The second kappa shape index (κ2) is 6.74. The molecular formula is C27H32O2. The Hall–Kier alpha value is -2.06. The van der Waals surface area contributed by atoms with E-state index in [1.807, 2.05) is 12.1 Å². The maximum Gasteiger partial charge on any atom is 0.115 e. The molecule has 0 spiro atoms. The molecule has 2 aromatic carbocycles. The van der Waals surface area contributed by atoms with E-state index in [-0.39, 0.29) is 17.4 Å². The number of hydrogen-bond acceptors (Lipinski definition) is 2. The van der Waals surface area contributed by atoms with Crippen molar-refractivity contribution in [3.05, 3.63) is 77.4 Å². The maximum absolute atomic E-state index is 11.0. The number of aromatic hydroxyl groups is 1. The lowest BCUT2D eigenvalue weighted by Gasteiger charge is -2.54. The molecule has 3 aliphatic carbocycles. The van der Waals surface area contributed by atoms with Crippen LogP contribution < -0.4 is 0 Å². The quantitative estimate of drug-likeness (QED) is 0.638. The normalized spacial score (nSPS) is 38.0. The molecule has 2 N–H and O–H groups in total. The van der Waals surface area contributed by atoms with Gasteiger partial charge in [-0.05, 0) is 90.5 Å². The Kier molecular flexibility index (Phi) is 4.40. The zero-order valence-corrected chi connectivity index (χ0v) is 17.5. The van der Waals surface area contributed by atoms with Crippen LogP contribution in [-0.4, -0.2) is 16.3 Å². The molecule has 0 radical (unpaired) electrons. The van der Waals surface area contributed by atoms with E-state index in [2.05, 4.69) is 56.8 Å². The molecule has 0 aliphatic heterocycles.